The number of rotatable bonds is 5. The molecule has 0 spiro atoms. The topological polar surface area (TPSA) is 135 Å². The van der Waals surface area contributed by atoms with Crippen LogP contribution < -0.4 is 11.1 Å². The maximum absolute atomic E-state index is 11.1. The maximum atomic E-state index is 11.1. The first kappa shape index (κ1) is 14.4. The summed E-state index contributed by atoms with van der Waals surface area (Å²) in [5.41, 5.74) is 3.77. The molecule has 1 aromatic heterocycles. The zero-order valence-corrected chi connectivity index (χ0v) is 10.5. The molecule has 100 valence electrons. The molecule has 19 heavy (non-hydrogen) atoms. The first-order valence-electron chi connectivity index (χ1n) is 5.37. The van der Waals surface area contributed by atoms with Gasteiger partial charge in [0.25, 0.3) is 0 Å². The van der Waals surface area contributed by atoms with E-state index >= 15 is 0 Å². The number of nitriles is 1. The Labute approximate surface area is 109 Å². The number of amides is 1. The summed E-state index contributed by atoms with van der Waals surface area (Å²) in [6.45, 7) is 3.51. The van der Waals surface area contributed by atoms with Crippen LogP contribution in [0, 0.1) is 26.9 Å². The molecular formula is C11H13N5O3. The van der Waals surface area contributed by atoms with Gasteiger partial charge in [-0.15, -0.1) is 0 Å². The standard InChI is InChI=1S/C11H13N5O3/c1-11(2,10(13)17)6-14-9-4-3-8(16(18)19)7(5-12)15-9/h3-4H,6H2,1-2H3,(H2,13,17)(H,14,15). The number of nitrogens with two attached hydrogens (primary N) is 1. The molecule has 0 aliphatic heterocycles. The third kappa shape index (κ3) is 3.38. The van der Waals surface area contributed by atoms with Crippen molar-refractivity contribution in [2.24, 2.45) is 11.1 Å². The van der Waals surface area contributed by atoms with Gasteiger partial charge in [-0.25, -0.2) is 4.98 Å². The molecule has 0 aliphatic carbocycles. The van der Waals surface area contributed by atoms with Crippen molar-refractivity contribution in [2.45, 2.75) is 13.8 Å². The van der Waals surface area contributed by atoms with Crippen molar-refractivity contribution in [1.82, 2.24) is 4.98 Å². The summed E-state index contributed by atoms with van der Waals surface area (Å²) >= 11 is 0. The number of hydrogen-bond acceptors (Lipinski definition) is 6. The normalized spacial score (nSPS) is 10.6. The van der Waals surface area contributed by atoms with E-state index in [1.165, 1.54) is 12.1 Å². The summed E-state index contributed by atoms with van der Waals surface area (Å²) in [5.74, 6) is -0.209. The average Bonchev–Trinajstić information content (AvgIpc) is 2.35. The summed E-state index contributed by atoms with van der Waals surface area (Å²) < 4.78 is 0. The molecule has 0 radical (unpaired) electrons. The van der Waals surface area contributed by atoms with Gasteiger partial charge >= 0.3 is 5.69 Å². The number of anilines is 1. The molecule has 0 aromatic carbocycles. The first-order chi connectivity index (χ1) is 8.77. The summed E-state index contributed by atoms with van der Waals surface area (Å²) in [4.78, 5) is 24.9. The first-order valence-corrected chi connectivity index (χ1v) is 5.37. The Morgan fingerprint density at radius 2 is 2.26 bits per heavy atom. The van der Waals surface area contributed by atoms with E-state index in [0.29, 0.717) is 0 Å². The van der Waals surface area contributed by atoms with Gasteiger partial charge in [-0.1, -0.05) is 0 Å². The second-order valence-corrected chi connectivity index (χ2v) is 4.53. The van der Waals surface area contributed by atoms with Crippen molar-refractivity contribution in [1.29, 1.82) is 5.26 Å². The highest BCUT2D eigenvalue weighted by atomic mass is 16.6. The lowest BCUT2D eigenvalue weighted by atomic mass is 9.93. The van der Waals surface area contributed by atoms with E-state index in [1.54, 1.807) is 19.9 Å². The fourth-order valence-electron chi connectivity index (χ4n) is 1.18. The Balaban J connectivity index is 2.91. The third-order valence-corrected chi connectivity index (χ3v) is 2.56. The number of carbonyl (C=O) groups is 1. The fourth-order valence-corrected chi connectivity index (χ4v) is 1.18. The molecule has 0 atom stereocenters. The van der Waals surface area contributed by atoms with Gasteiger partial charge in [0.2, 0.25) is 11.6 Å². The Morgan fingerprint density at radius 3 is 2.74 bits per heavy atom. The average molecular weight is 263 g/mol. The number of hydrogen-bond donors (Lipinski definition) is 2. The highest BCUT2D eigenvalue weighted by Gasteiger charge is 2.25. The largest absolute Gasteiger partial charge is 0.369 e. The van der Waals surface area contributed by atoms with Gasteiger partial charge in [-0.2, -0.15) is 5.26 Å². The molecule has 0 saturated heterocycles. The third-order valence-electron chi connectivity index (χ3n) is 2.56. The number of aromatic nitrogens is 1. The lowest BCUT2D eigenvalue weighted by Crippen LogP contribution is -2.37. The number of nitro groups is 1. The van der Waals surface area contributed by atoms with Gasteiger partial charge < -0.3 is 11.1 Å². The van der Waals surface area contributed by atoms with Crippen LogP contribution in [0.1, 0.15) is 19.5 Å². The molecule has 0 saturated carbocycles. The summed E-state index contributed by atoms with van der Waals surface area (Å²) in [6.07, 6.45) is 0. The van der Waals surface area contributed by atoms with Gasteiger partial charge in [0, 0.05) is 12.6 Å². The van der Waals surface area contributed by atoms with Crippen LogP contribution in [0.4, 0.5) is 11.5 Å². The molecule has 0 aliphatic rings. The van der Waals surface area contributed by atoms with Gasteiger partial charge in [0.15, 0.2) is 0 Å². The Bertz CT molecular complexity index is 562. The van der Waals surface area contributed by atoms with E-state index < -0.39 is 16.2 Å². The molecular weight excluding hydrogens is 250 g/mol. The zero-order valence-electron chi connectivity index (χ0n) is 10.5. The van der Waals surface area contributed by atoms with Gasteiger partial charge in [-0.3, -0.25) is 14.9 Å². The maximum Gasteiger partial charge on any atom is 0.305 e. The van der Waals surface area contributed by atoms with Crippen LogP contribution in [0.2, 0.25) is 0 Å². The van der Waals surface area contributed by atoms with Crippen molar-refractivity contribution in [3.63, 3.8) is 0 Å². The lowest BCUT2D eigenvalue weighted by molar-refractivity contribution is -0.385. The fraction of sp³-hybridized carbons (Fsp3) is 0.364. The van der Waals surface area contributed by atoms with Crippen LogP contribution in [0.3, 0.4) is 0 Å². The van der Waals surface area contributed by atoms with Gasteiger partial charge in [0.1, 0.15) is 11.9 Å². The van der Waals surface area contributed by atoms with Crippen LogP contribution in [0.15, 0.2) is 12.1 Å². The number of nitrogens with one attached hydrogen (secondary N) is 1. The lowest BCUT2D eigenvalue weighted by Gasteiger charge is -2.20. The van der Waals surface area contributed by atoms with E-state index in [4.69, 9.17) is 11.0 Å². The van der Waals surface area contributed by atoms with E-state index in [2.05, 4.69) is 10.3 Å². The van der Waals surface area contributed by atoms with Crippen LogP contribution in [-0.2, 0) is 4.79 Å². The quantitative estimate of drug-likeness (QED) is 0.595. The van der Waals surface area contributed by atoms with Crippen molar-refractivity contribution in [3.8, 4) is 6.07 Å². The summed E-state index contributed by atoms with van der Waals surface area (Å²) in [5, 5.41) is 22.2. The van der Waals surface area contributed by atoms with Crippen molar-refractivity contribution >= 4 is 17.4 Å². The summed E-state index contributed by atoms with van der Waals surface area (Å²) in [6, 6.07) is 4.21. The minimum atomic E-state index is -0.795. The van der Waals surface area contributed by atoms with Crippen LogP contribution in [0.25, 0.3) is 0 Å². The number of carbonyl (C=O) groups excluding carboxylic acids is 1. The Morgan fingerprint density at radius 1 is 1.63 bits per heavy atom. The van der Waals surface area contributed by atoms with Gasteiger partial charge in [-0.05, 0) is 19.9 Å². The predicted molar refractivity (Wildman–Crippen MR) is 67.1 cm³/mol. The monoisotopic (exact) mass is 263 g/mol. The van der Waals surface area contributed by atoms with Crippen molar-refractivity contribution in [3.05, 3.63) is 27.9 Å². The number of nitrogens with zero attached hydrogens (tertiary/aromatic N) is 3. The molecule has 1 rings (SSSR count). The number of pyridine rings is 1. The van der Waals surface area contributed by atoms with Crippen LogP contribution in [-0.4, -0.2) is 22.4 Å². The van der Waals surface area contributed by atoms with Crippen LogP contribution in [0.5, 0.6) is 0 Å². The van der Waals surface area contributed by atoms with Crippen molar-refractivity contribution < 1.29 is 9.72 Å². The molecule has 8 nitrogen and oxygen atoms in total. The second kappa shape index (κ2) is 5.30. The predicted octanol–water partition coefficient (Wildman–Crippen LogP) is 0.785. The highest BCUT2D eigenvalue weighted by Crippen LogP contribution is 2.20. The molecule has 0 fully saturated rings. The SMILES string of the molecule is CC(C)(CNc1ccc([N+](=O)[O-])c(C#N)n1)C(N)=O. The highest BCUT2D eigenvalue weighted by molar-refractivity contribution is 5.80. The molecule has 1 heterocycles. The molecule has 3 N–H and O–H groups in total. The zero-order chi connectivity index (χ0) is 14.6. The van der Waals surface area contributed by atoms with E-state index in [9.17, 15) is 14.9 Å². The van der Waals surface area contributed by atoms with E-state index in [0.717, 1.165) is 0 Å². The second-order valence-electron chi connectivity index (χ2n) is 4.53. The minimum Gasteiger partial charge on any atom is -0.369 e. The number of primary amides is 1. The summed E-state index contributed by atoms with van der Waals surface area (Å²) in [7, 11) is 0. The van der Waals surface area contributed by atoms with Gasteiger partial charge in [0.05, 0.1) is 10.3 Å². The molecule has 1 aromatic rings. The Kier molecular flexibility index (Phi) is 4.01. The Hall–Kier alpha value is -2.69. The molecule has 8 heteroatoms. The molecule has 1 amide bonds. The minimum absolute atomic E-state index is 0.206. The molecule has 0 bridgehead atoms. The molecule has 0 unspecified atom stereocenters. The van der Waals surface area contributed by atoms with E-state index in [1.807, 2.05) is 0 Å². The van der Waals surface area contributed by atoms with E-state index in [-0.39, 0.29) is 23.7 Å². The smallest absolute Gasteiger partial charge is 0.305 e. The van der Waals surface area contributed by atoms with Crippen LogP contribution >= 0.6 is 0 Å². The van der Waals surface area contributed by atoms with Crippen molar-refractivity contribution in [2.75, 3.05) is 11.9 Å².